The van der Waals surface area contributed by atoms with Crippen molar-refractivity contribution >= 4 is 34.6 Å². The summed E-state index contributed by atoms with van der Waals surface area (Å²) in [4.78, 5) is 15.4. The van der Waals surface area contributed by atoms with Crippen LogP contribution >= 0.6 is 11.6 Å². The van der Waals surface area contributed by atoms with Crippen LogP contribution in [0.15, 0.2) is 6.07 Å². The summed E-state index contributed by atoms with van der Waals surface area (Å²) in [6, 6.07) is 1.61. The SMILES string of the molecule is Nc1cc(N)c(N2CCN3C(=O)CCC3C2)c(F)c1Cl. The van der Waals surface area contributed by atoms with Crippen LogP contribution in [-0.2, 0) is 4.79 Å². The van der Waals surface area contributed by atoms with E-state index in [0.717, 1.165) is 6.42 Å². The Morgan fingerprint density at radius 3 is 2.80 bits per heavy atom. The molecule has 0 saturated carbocycles. The van der Waals surface area contributed by atoms with Crippen molar-refractivity contribution in [2.75, 3.05) is 36.0 Å². The molecule has 5 nitrogen and oxygen atoms in total. The lowest BCUT2D eigenvalue weighted by Crippen LogP contribution is -2.51. The molecule has 1 amide bonds. The molecule has 0 bridgehead atoms. The molecule has 7 heteroatoms. The van der Waals surface area contributed by atoms with Gasteiger partial charge in [-0.2, -0.15) is 0 Å². The average Bonchev–Trinajstić information content (AvgIpc) is 2.78. The minimum absolute atomic E-state index is 0.0980. The van der Waals surface area contributed by atoms with Gasteiger partial charge in [0.1, 0.15) is 5.02 Å². The lowest BCUT2D eigenvalue weighted by Gasteiger charge is -2.39. The molecule has 2 aliphatic heterocycles. The summed E-state index contributed by atoms with van der Waals surface area (Å²) in [6.45, 7) is 1.71. The van der Waals surface area contributed by atoms with E-state index in [2.05, 4.69) is 0 Å². The largest absolute Gasteiger partial charge is 0.397 e. The summed E-state index contributed by atoms with van der Waals surface area (Å²) in [5.74, 6) is -0.402. The highest BCUT2D eigenvalue weighted by Crippen LogP contribution is 2.37. The minimum Gasteiger partial charge on any atom is -0.397 e. The van der Waals surface area contributed by atoms with Gasteiger partial charge < -0.3 is 21.3 Å². The Labute approximate surface area is 121 Å². The van der Waals surface area contributed by atoms with Crippen LogP contribution < -0.4 is 16.4 Å². The maximum absolute atomic E-state index is 14.3. The Morgan fingerprint density at radius 1 is 1.30 bits per heavy atom. The standard InChI is InChI=1S/C13H16ClFN4O/c14-11-8(16)5-9(17)13(12(11)15)18-3-4-19-7(6-18)1-2-10(19)20/h5,7H,1-4,6,16-17H2. The summed E-state index contributed by atoms with van der Waals surface area (Å²) < 4.78 is 14.3. The quantitative estimate of drug-likeness (QED) is 0.770. The Hall–Kier alpha value is -1.69. The molecule has 3 rings (SSSR count). The fourth-order valence-electron chi connectivity index (χ4n) is 3.05. The molecule has 4 N–H and O–H groups in total. The topological polar surface area (TPSA) is 75.6 Å². The predicted molar refractivity (Wildman–Crippen MR) is 77.2 cm³/mol. The second-order valence-corrected chi connectivity index (χ2v) is 5.64. The van der Waals surface area contributed by atoms with E-state index in [0.29, 0.717) is 31.7 Å². The van der Waals surface area contributed by atoms with Crippen LogP contribution in [0.3, 0.4) is 0 Å². The summed E-state index contributed by atoms with van der Waals surface area (Å²) >= 11 is 5.86. The highest BCUT2D eigenvalue weighted by molar-refractivity contribution is 6.33. The summed E-state index contributed by atoms with van der Waals surface area (Å²) in [5.41, 5.74) is 12.2. The van der Waals surface area contributed by atoms with E-state index in [1.165, 1.54) is 6.07 Å². The monoisotopic (exact) mass is 298 g/mol. The molecular formula is C13H16ClFN4O. The van der Waals surface area contributed by atoms with E-state index in [4.69, 9.17) is 23.1 Å². The number of carbonyl (C=O) groups is 1. The number of nitrogen functional groups attached to an aromatic ring is 2. The van der Waals surface area contributed by atoms with E-state index in [9.17, 15) is 9.18 Å². The molecule has 0 radical (unpaired) electrons. The number of nitrogens with zero attached hydrogens (tertiary/aromatic N) is 2. The molecule has 1 aromatic rings. The summed E-state index contributed by atoms with van der Waals surface area (Å²) in [5, 5.41) is -0.0980. The van der Waals surface area contributed by atoms with Crippen molar-refractivity contribution in [3.8, 4) is 0 Å². The molecule has 0 aliphatic carbocycles. The Bertz CT molecular complexity index is 580. The molecule has 2 fully saturated rings. The Morgan fingerprint density at radius 2 is 2.05 bits per heavy atom. The lowest BCUT2D eigenvalue weighted by molar-refractivity contribution is -0.129. The Kier molecular flexibility index (Phi) is 3.12. The molecule has 1 atom stereocenters. The number of hydrogen-bond donors (Lipinski definition) is 2. The molecule has 0 aromatic heterocycles. The van der Waals surface area contributed by atoms with Crippen LogP contribution in [0.4, 0.5) is 21.5 Å². The number of anilines is 3. The van der Waals surface area contributed by atoms with E-state index in [-0.39, 0.29) is 28.3 Å². The average molecular weight is 299 g/mol. The zero-order valence-electron chi connectivity index (χ0n) is 10.9. The number of nitrogens with two attached hydrogens (primary N) is 2. The molecule has 2 heterocycles. The minimum atomic E-state index is -0.582. The number of rotatable bonds is 1. The molecule has 20 heavy (non-hydrogen) atoms. The second kappa shape index (κ2) is 4.70. The fourth-order valence-corrected chi connectivity index (χ4v) is 3.19. The van der Waals surface area contributed by atoms with Crippen molar-refractivity contribution in [3.63, 3.8) is 0 Å². The maximum atomic E-state index is 14.3. The first-order valence-corrected chi connectivity index (χ1v) is 6.94. The van der Waals surface area contributed by atoms with Gasteiger partial charge in [-0.15, -0.1) is 0 Å². The van der Waals surface area contributed by atoms with Gasteiger partial charge in [-0.25, -0.2) is 4.39 Å². The van der Waals surface area contributed by atoms with Crippen LogP contribution in [0.25, 0.3) is 0 Å². The molecule has 108 valence electrons. The Balaban J connectivity index is 1.91. The lowest BCUT2D eigenvalue weighted by atomic mass is 10.1. The van der Waals surface area contributed by atoms with Gasteiger partial charge in [0, 0.05) is 32.1 Å². The van der Waals surface area contributed by atoms with E-state index in [1.54, 1.807) is 0 Å². The van der Waals surface area contributed by atoms with Gasteiger partial charge in [-0.05, 0) is 12.5 Å². The molecule has 1 unspecified atom stereocenters. The highest BCUT2D eigenvalue weighted by atomic mass is 35.5. The number of halogens is 2. The first-order chi connectivity index (χ1) is 9.49. The number of hydrogen-bond acceptors (Lipinski definition) is 4. The number of amides is 1. The van der Waals surface area contributed by atoms with Gasteiger partial charge in [0.05, 0.1) is 17.1 Å². The maximum Gasteiger partial charge on any atom is 0.223 e. The van der Waals surface area contributed by atoms with Gasteiger partial charge in [0.2, 0.25) is 5.91 Å². The number of piperazine rings is 1. The van der Waals surface area contributed by atoms with Crippen LogP contribution in [0.2, 0.25) is 5.02 Å². The first kappa shape index (κ1) is 13.3. The third-order valence-electron chi connectivity index (χ3n) is 4.05. The highest BCUT2D eigenvalue weighted by Gasteiger charge is 2.36. The van der Waals surface area contributed by atoms with Crippen molar-refractivity contribution in [2.45, 2.75) is 18.9 Å². The fraction of sp³-hybridized carbons (Fsp3) is 0.462. The van der Waals surface area contributed by atoms with Gasteiger partial charge in [0.25, 0.3) is 0 Å². The number of carbonyl (C=O) groups excluding carboxylic acids is 1. The second-order valence-electron chi connectivity index (χ2n) is 5.26. The van der Waals surface area contributed by atoms with Gasteiger partial charge in [-0.3, -0.25) is 4.79 Å². The van der Waals surface area contributed by atoms with Gasteiger partial charge in [-0.1, -0.05) is 11.6 Å². The van der Waals surface area contributed by atoms with Crippen molar-refractivity contribution < 1.29 is 9.18 Å². The number of benzene rings is 1. The predicted octanol–water partition coefficient (Wildman–Crippen LogP) is 1.45. The van der Waals surface area contributed by atoms with Crippen molar-refractivity contribution in [3.05, 3.63) is 16.9 Å². The third-order valence-corrected chi connectivity index (χ3v) is 4.43. The normalized spacial score (nSPS) is 22.3. The van der Waals surface area contributed by atoms with Gasteiger partial charge in [0.15, 0.2) is 5.82 Å². The molecule has 0 spiro atoms. The van der Waals surface area contributed by atoms with Crippen molar-refractivity contribution in [2.24, 2.45) is 0 Å². The van der Waals surface area contributed by atoms with Gasteiger partial charge >= 0.3 is 0 Å². The smallest absolute Gasteiger partial charge is 0.223 e. The van der Waals surface area contributed by atoms with Crippen molar-refractivity contribution in [1.29, 1.82) is 0 Å². The molecular weight excluding hydrogens is 283 g/mol. The van der Waals surface area contributed by atoms with Crippen LogP contribution in [0, 0.1) is 5.82 Å². The summed E-state index contributed by atoms with van der Waals surface area (Å²) in [7, 11) is 0. The van der Waals surface area contributed by atoms with E-state index < -0.39 is 5.82 Å². The zero-order chi connectivity index (χ0) is 14.4. The molecule has 2 saturated heterocycles. The van der Waals surface area contributed by atoms with E-state index in [1.807, 2.05) is 9.80 Å². The first-order valence-electron chi connectivity index (χ1n) is 6.56. The van der Waals surface area contributed by atoms with Crippen LogP contribution in [-0.4, -0.2) is 36.5 Å². The van der Waals surface area contributed by atoms with Crippen LogP contribution in [0.5, 0.6) is 0 Å². The third kappa shape index (κ3) is 1.95. The zero-order valence-corrected chi connectivity index (χ0v) is 11.7. The number of fused-ring (bicyclic) bond motifs is 1. The summed E-state index contributed by atoms with van der Waals surface area (Å²) in [6.07, 6.45) is 1.37. The van der Waals surface area contributed by atoms with Crippen molar-refractivity contribution in [1.82, 2.24) is 4.90 Å². The molecule has 1 aromatic carbocycles. The van der Waals surface area contributed by atoms with E-state index >= 15 is 0 Å². The molecule has 2 aliphatic rings. The van der Waals surface area contributed by atoms with Crippen LogP contribution in [0.1, 0.15) is 12.8 Å².